The number of likely N-dealkylation sites (tertiary alicyclic amines) is 1. The first-order valence-electron chi connectivity index (χ1n) is 11.7. The van der Waals surface area contributed by atoms with E-state index in [0.29, 0.717) is 13.1 Å². The summed E-state index contributed by atoms with van der Waals surface area (Å²) in [5.41, 5.74) is 3.29. The van der Waals surface area contributed by atoms with Crippen LogP contribution in [0.3, 0.4) is 0 Å². The van der Waals surface area contributed by atoms with Gasteiger partial charge in [0, 0.05) is 64.6 Å². The zero-order valence-corrected chi connectivity index (χ0v) is 19.0. The zero-order valence-electron chi connectivity index (χ0n) is 19.0. The van der Waals surface area contributed by atoms with E-state index in [1.54, 1.807) is 0 Å². The Kier molecular flexibility index (Phi) is 7.72. The smallest absolute Gasteiger partial charge is 0.236 e. The maximum absolute atomic E-state index is 12.6. The molecular weight excluding hydrogens is 400 g/mol. The Balaban J connectivity index is 1.26. The first-order chi connectivity index (χ1) is 15.7. The third-order valence-corrected chi connectivity index (χ3v) is 6.29. The number of rotatable bonds is 5. The molecule has 1 aromatic heterocycles. The Bertz CT molecular complexity index is 902. The summed E-state index contributed by atoms with van der Waals surface area (Å²) >= 11 is 0. The zero-order chi connectivity index (χ0) is 22.2. The van der Waals surface area contributed by atoms with Gasteiger partial charge >= 0.3 is 0 Å². The average Bonchev–Trinajstić information content (AvgIpc) is 2.86. The van der Waals surface area contributed by atoms with Crippen molar-refractivity contribution in [1.29, 1.82) is 0 Å². The van der Waals surface area contributed by atoms with Crippen molar-refractivity contribution in [1.82, 2.24) is 25.0 Å². The molecule has 1 N–H and O–H groups in total. The van der Waals surface area contributed by atoms with E-state index in [-0.39, 0.29) is 5.91 Å². The molecule has 2 aliphatic rings. The standard InChI is InChI=1S/C25H34N6O/c1-26-25(28-19-21-8-7-9-22(18-21)23-10-3-4-11-27-23)31-16-14-29(15-17-31)20-24(32)30-12-5-2-6-13-30/h3-4,7-11,18H,2,5-6,12-17,19-20H2,1H3,(H,26,28). The van der Waals surface area contributed by atoms with Crippen LogP contribution in [0.4, 0.5) is 0 Å². The van der Waals surface area contributed by atoms with Crippen LogP contribution in [0.2, 0.25) is 0 Å². The lowest BCUT2D eigenvalue weighted by molar-refractivity contribution is -0.133. The molecule has 0 radical (unpaired) electrons. The minimum Gasteiger partial charge on any atom is -0.352 e. The van der Waals surface area contributed by atoms with Crippen molar-refractivity contribution < 1.29 is 4.79 Å². The molecule has 2 aliphatic heterocycles. The lowest BCUT2D eigenvalue weighted by atomic mass is 10.1. The highest BCUT2D eigenvalue weighted by molar-refractivity contribution is 5.80. The predicted molar refractivity (Wildman–Crippen MR) is 128 cm³/mol. The Morgan fingerprint density at radius 1 is 0.969 bits per heavy atom. The summed E-state index contributed by atoms with van der Waals surface area (Å²) in [7, 11) is 1.83. The Morgan fingerprint density at radius 2 is 1.78 bits per heavy atom. The van der Waals surface area contributed by atoms with Gasteiger partial charge in [-0.3, -0.25) is 19.7 Å². The third kappa shape index (κ3) is 5.85. The minimum atomic E-state index is 0.286. The number of amides is 1. The molecule has 1 amide bonds. The topological polar surface area (TPSA) is 64.1 Å². The Morgan fingerprint density at radius 3 is 2.50 bits per heavy atom. The normalized spacial score (nSPS) is 18.0. The number of piperidine rings is 1. The van der Waals surface area contributed by atoms with Crippen LogP contribution in [-0.4, -0.2) is 84.4 Å². The molecule has 0 aliphatic carbocycles. The number of carbonyl (C=O) groups excluding carboxylic acids is 1. The summed E-state index contributed by atoms with van der Waals surface area (Å²) in [6, 6.07) is 14.4. The second-order valence-electron chi connectivity index (χ2n) is 8.52. The highest BCUT2D eigenvalue weighted by atomic mass is 16.2. The van der Waals surface area contributed by atoms with Gasteiger partial charge in [-0.15, -0.1) is 0 Å². The van der Waals surface area contributed by atoms with E-state index >= 15 is 0 Å². The number of piperazine rings is 1. The lowest BCUT2D eigenvalue weighted by Gasteiger charge is -2.37. The van der Waals surface area contributed by atoms with Crippen LogP contribution in [0.25, 0.3) is 11.3 Å². The van der Waals surface area contributed by atoms with E-state index in [1.807, 2.05) is 36.3 Å². The van der Waals surface area contributed by atoms with Gasteiger partial charge in [-0.1, -0.05) is 24.3 Å². The monoisotopic (exact) mass is 434 g/mol. The predicted octanol–water partition coefficient (Wildman–Crippen LogP) is 2.45. The summed E-state index contributed by atoms with van der Waals surface area (Å²) in [6.07, 6.45) is 5.36. The molecule has 3 heterocycles. The van der Waals surface area contributed by atoms with Gasteiger partial charge in [-0.2, -0.15) is 0 Å². The second kappa shape index (κ2) is 11.1. The van der Waals surface area contributed by atoms with Gasteiger partial charge in [-0.05, 0) is 43.0 Å². The number of benzene rings is 1. The number of nitrogens with one attached hydrogen (secondary N) is 1. The maximum atomic E-state index is 12.6. The quantitative estimate of drug-likeness (QED) is 0.579. The second-order valence-corrected chi connectivity index (χ2v) is 8.52. The Hall–Kier alpha value is -2.93. The fourth-order valence-electron chi connectivity index (χ4n) is 4.44. The van der Waals surface area contributed by atoms with Gasteiger partial charge in [0.2, 0.25) is 5.91 Å². The molecule has 0 unspecified atom stereocenters. The van der Waals surface area contributed by atoms with E-state index in [1.165, 1.54) is 12.0 Å². The van der Waals surface area contributed by atoms with Crippen LogP contribution in [-0.2, 0) is 11.3 Å². The van der Waals surface area contributed by atoms with Crippen LogP contribution in [0, 0.1) is 0 Å². The van der Waals surface area contributed by atoms with E-state index < -0.39 is 0 Å². The molecule has 0 atom stereocenters. The van der Waals surface area contributed by atoms with E-state index in [2.05, 4.69) is 49.4 Å². The van der Waals surface area contributed by atoms with Gasteiger partial charge in [0.25, 0.3) is 0 Å². The Labute approximate surface area is 191 Å². The fourth-order valence-corrected chi connectivity index (χ4v) is 4.44. The van der Waals surface area contributed by atoms with Gasteiger partial charge in [0.05, 0.1) is 12.2 Å². The highest BCUT2D eigenvalue weighted by Crippen LogP contribution is 2.17. The summed E-state index contributed by atoms with van der Waals surface area (Å²) < 4.78 is 0. The van der Waals surface area contributed by atoms with E-state index in [4.69, 9.17) is 0 Å². The molecule has 7 heteroatoms. The van der Waals surface area contributed by atoms with Crippen molar-refractivity contribution in [2.75, 3.05) is 52.9 Å². The largest absolute Gasteiger partial charge is 0.352 e. The SMILES string of the molecule is CN=C(NCc1cccc(-c2ccccn2)c1)N1CCN(CC(=O)N2CCCCC2)CC1. The number of hydrogen-bond acceptors (Lipinski definition) is 4. The van der Waals surface area contributed by atoms with Gasteiger partial charge < -0.3 is 15.1 Å². The molecule has 2 saturated heterocycles. The first-order valence-corrected chi connectivity index (χ1v) is 11.7. The van der Waals surface area contributed by atoms with Gasteiger partial charge in [0.1, 0.15) is 0 Å². The number of aliphatic imine (C=N–C) groups is 1. The number of pyridine rings is 1. The molecule has 0 saturated carbocycles. The average molecular weight is 435 g/mol. The lowest BCUT2D eigenvalue weighted by Crippen LogP contribution is -2.54. The molecule has 2 aromatic rings. The molecule has 32 heavy (non-hydrogen) atoms. The summed E-state index contributed by atoms with van der Waals surface area (Å²) in [5, 5.41) is 3.50. The molecule has 170 valence electrons. The van der Waals surface area contributed by atoms with E-state index in [0.717, 1.165) is 69.3 Å². The minimum absolute atomic E-state index is 0.286. The van der Waals surface area contributed by atoms with Crippen molar-refractivity contribution in [3.05, 3.63) is 54.2 Å². The van der Waals surface area contributed by atoms with Crippen molar-refractivity contribution in [2.45, 2.75) is 25.8 Å². The van der Waals surface area contributed by atoms with Crippen LogP contribution >= 0.6 is 0 Å². The number of hydrogen-bond donors (Lipinski definition) is 1. The van der Waals surface area contributed by atoms with E-state index in [9.17, 15) is 4.79 Å². The van der Waals surface area contributed by atoms with Crippen molar-refractivity contribution in [3.8, 4) is 11.3 Å². The third-order valence-electron chi connectivity index (χ3n) is 6.29. The molecule has 1 aromatic carbocycles. The van der Waals surface area contributed by atoms with Gasteiger partial charge in [-0.25, -0.2) is 0 Å². The number of aromatic nitrogens is 1. The van der Waals surface area contributed by atoms with Crippen LogP contribution in [0.1, 0.15) is 24.8 Å². The molecule has 2 fully saturated rings. The number of guanidine groups is 1. The van der Waals surface area contributed by atoms with Gasteiger partial charge in [0.15, 0.2) is 5.96 Å². The molecular formula is C25H34N6O. The first kappa shape index (κ1) is 22.3. The number of carbonyl (C=O) groups is 1. The molecule has 4 rings (SSSR count). The van der Waals surface area contributed by atoms with Crippen molar-refractivity contribution >= 4 is 11.9 Å². The van der Waals surface area contributed by atoms with Crippen LogP contribution in [0.15, 0.2) is 53.7 Å². The van der Waals surface area contributed by atoms with Crippen molar-refractivity contribution in [3.63, 3.8) is 0 Å². The molecule has 7 nitrogen and oxygen atoms in total. The van der Waals surface area contributed by atoms with Crippen LogP contribution in [0.5, 0.6) is 0 Å². The molecule has 0 spiro atoms. The molecule has 0 bridgehead atoms. The number of nitrogens with zero attached hydrogens (tertiary/aromatic N) is 5. The van der Waals surface area contributed by atoms with Crippen molar-refractivity contribution in [2.24, 2.45) is 4.99 Å². The highest BCUT2D eigenvalue weighted by Gasteiger charge is 2.24. The maximum Gasteiger partial charge on any atom is 0.236 e. The van der Waals surface area contributed by atoms with Crippen LogP contribution < -0.4 is 5.32 Å². The summed E-state index contributed by atoms with van der Waals surface area (Å²) in [6.45, 7) is 6.63. The fraction of sp³-hybridized carbons (Fsp3) is 0.480. The summed E-state index contributed by atoms with van der Waals surface area (Å²) in [5.74, 6) is 1.20. The summed E-state index contributed by atoms with van der Waals surface area (Å²) in [4.78, 5) is 28.1.